The molecule has 0 aromatic rings. The fourth-order valence-electron chi connectivity index (χ4n) is 3.15. The van der Waals surface area contributed by atoms with E-state index < -0.39 is 0 Å². The molecular formula is C14H18O4. The summed E-state index contributed by atoms with van der Waals surface area (Å²) in [6, 6.07) is 0. The van der Waals surface area contributed by atoms with Gasteiger partial charge in [0.15, 0.2) is 0 Å². The second-order valence-corrected chi connectivity index (χ2v) is 5.13. The van der Waals surface area contributed by atoms with Gasteiger partial charge in [0.05, 0.1) is 5.41 Å². The van der Waals surface area contributed by atoms with E-state index in [2.05, 4.69) is 0 Å². The number of cyclic esters (lactones) is 1. The van der Waals surface area contributed by atoms with Crippen LogP contribution in [0.4, 0.5) is 0 Å². The molecule has 0 amide bonds. The van der Waals surface area contributed by atoms with Gasteiger partial charge in [-0.2, -0.15) is 0 Å². The van der Waals surface area contributed by atoms with E-state index in [0.29, 0.717) is 13.2 Å². The summed E-state index contributed by atoms with van der Waals surface area (Å²) in [6.45, 7) is 1.18. The van der Waals surface area contributed by atoms with Gasteiger partial charge in [-0.1, -0.05) is 19.3 Å². The lowest BCUT2D eigenvalue weighted by Crippen LogP contribution is -2.40. The topological polar surface area (TPSA) is 44.8 Å². The van der Waals surface area contributed by atoms with E-state index in [1.165, 1.54) is 12.5 Å². The lowest BCUT2D eigenvalue weighted by Gasteiger charge is -2.42. The summed E-state index contributed by atoms with van der Waals surface area (Å²) in [5.74, 6) is 0.611. The Morgan fingerprint density at radius 2 is 2.00 bits per heavy atom. The summed E-state index contributed by atoms with van der Waals surface area (Å²) in [5, 5.41) is 0. The van der Waals surface area contributed by atoms with Crippen LogP contribution in [0.3, 0.4) is 0 Å². The molecule has 4 nitrogen and oxygen atoms in total. The Bertz CT molecular complexity index is 391. The lowest BCUT2D eigenvalue weighted by molar-refractivity contribution is -0.145. The van der Waals surface area contributed by atoms with Crippen molar-refractivity contribution in [2.75, 3.05) is 13.2 Å². The molecule has 0 saturated heterocycles. The molecule has 98 valence electrons. The SMILES string of the molecule is O=C1C=CC(C2(C3=COCCO3)CCCCC2)O1. The van der Waals surface area contributed by atoms with Gasteiger partial charge >= 0.3 is 5.97 Å². The molecule has 0 radical (unpaired) electrons. The van der Waals surface area contributed by atoms with E-state index in [9.17, 15) is 4.79 Å². The minimum Gasteiger partial charge on any atom is -0.494 e. The zero-order valence-corrected chi connectivity index (χ0v) is 10.4. The Morgan fingerprint density at radius 3 is 2.61 bits per heavy atom. The molecule has 4 heteroatoms. The van der Waals surface area contributed by atoms with E-state index in [1.807, 2.05) is 6.08 Å². The van der Waals surface area contributed by atoms with Crippen molar-refractivity contribution in [2.45, 2.75) is 38.2 Å². The monoisotopic (exact) mass is 250 g/mol. The van der Waals surface area contributed by atoms with E-state index >= 15 is 0 Å². The molecule has 3 rings (SSSR count). The van der Waals surface area contributed by atoms with Crippen molar-refractivity contribution in [3.8, 4) is 0 Å². The number of carbonyl (C=O) groups is 1. The molecule has 0 aromatic heterocycles. The van der Waals surface area contributed by atoms with Crippen LogP contribution < -0.4 is 0 Å². The van der Waals surface area contributed by atoms with Crippen LogP contribution in [0.25, 0.3) is 0 Å². The molecule has 1 saturated carbocycles. The number of carbonyl (C=O) groups excluding carboxylic acids is 1. The smallest absolute Gasteiger partial charge is 0.331 e. The highest BCUT2D eigenvalue weighted by Crippen LogP contribution is 2.48. The molecule has 2 aliphatic heterocycles. The van der Waals surface area contributed by atoms with Crippen molar-refractivity contribution in [2.24, 2.45) is 5.41 Å². The van der Waals surface area contributed by atoms with Crippen LogP contribution in [-0.4, -0.2) is 25.3 Å². The van der Waals surface area contributed by atoms with Crippen molar-refractivity contribution in [3.05, 3.63) is 24.2 Å². The zero-order chi connectivity index (χ0) is 12.4. The Balaban J connectivity index is 1.90. The summed E-state index contributed by atoms with van der Waals surface area (Å²) in [4.78, 5) is 11.3. The summed E-state index contributed by atoms with van der Waals surface area (Å²) in [6.07, 6.45) is 10.4. The van der Waals surface area contributed by atoms with Gasteiger partial charge in [0.25, 0.3) is 0 Å². The first-order valence-electron chi connectivity index (χ1n) is 6.65. The normalized spacial score (nSPS) is 30.1. The minimum absolute atomic E-state index is 0.196. The molecule has 1 fully saturated rings. The Kier molecular flexibility index (Phi) is 3.02. The van der Waals surface area contributed by atoms with Gasteiger partial charge in [0, 0.05) is 6.08 Å². The van der Waals surface area contributed by atoms with Gasteiger partial charge in [-0.05, 0) is 18.9 Å². The number of hydrogen-bond donors (Lipinski definition) is 0. The highest BCUT2D eigenvalue weighted by atomic mass is 16.6. The van der Waals surface area contributed by atoms with Gasteiger partial charge in [-0.15, -0.1) is 0 Å². The van der Waals surface area contributed by atoms with Crippen molar-refractivity contribution < 1.29 is 19.0 Å². The average molecular weight is 250 g/mol. The standard InChI is InChI=1S/C14H18O4/c15-13-5-4-11(18-13)14(6-2-1-3-7-14)12-10-16-8-9-17-12/h4-5,10-11H,1-3,6-9H2. The average Bonchev–Trinajstić information content (AvgIpc) is 2.88. The molecule has 0 spiro atoms. The van der Waals surface area contributed by atoms with Gasteiger partial charge < -0.3 is 14.2 Å². The van der Waals surface area contributed by atoms with Crippen LogP contribution in [0.5, 0.6) is 0 Å². The summed E-state index contributed by atoms with van der Waals surface area (Å²) in [5.41, 5.74) is -0.207. The van der Waals surface area contributed by atoms with Crippen LogP contribution in [0.15, 0.2) is 24.2 Å². The second kappa shape index (κ2) is 4.67. The van der Waals surface area contributed by atoms with Crippen molar-refractivity contribution in [1.82, 2.24) is 0 Å². The molecule has 1 unspecified atom stereocenters. The molecule has 1 aliphatic carbocycles. The van der Waals surface area contributed by atoms with Crippen molar-refractivity contribution >= 4 is 5.97 Å². The maximum Gasteiger partial charge on any atom is 0.331 e. The van der Waals surface area contributed by atoms with Crippen LogP contribution >= 0.6 is 0 Å². The van der Waals surface area contributed by atoms with E-state index in [1.54, 1.807) is 6.26 Å². The largest absolute Gasteiger partial charge is 0.494 e. The number of ether oxygens (including phenoxy) is 3. The summed E-state index contributed by atoms with van der Waals surface area (Å²) in [7, 11) is 0. The van der Waals surface area contributed by atoms with Crippen LogP contribution in [-0.2, 0) is 19.0 Å². The van der Waals surface area contributed by atoms with Crippen molar-refractivity contribution in [3.63, 3.8) is 0 Å². The number of hydrogen-bond acceptors (Lipinski definition) is 4. The maximum atomic E-state index is 11.3. The first kappa shape index (κ1) is 11.6. The van der Waals surface area contributed by atoms with E-state index in [0.717, 1.165) is 31.4 Å². The molecule has 18 heavy (non-hydrogen) atoms. The molecule has 0 aromatic carbocycles. The fourth-order valence-corrected chi connectivity index (χ4v) is 3.15. The first-order valence-corrected chi connectivity index (χ1v) is 6.65. The molecule has 0 N–H and O–H groups in total. The van der Waals surface area contributed by atoms with Gasteiger partial charge in [0.2, 0.25) is 0 Å². The third-order valence-electron chi connectivity index (χ3n) is 4.08. The highest BCUT2D eigenvalue weighted by molar-refractivity contribution is 5.84. The molecular weight excluding hydrogens is 232 g/mol. The van der Waals surface area contributed by atoms with E-state index in [4.69, 9.17) is 14.2 Å². The summed E-state index contributed by atoms with van der Waals surface area (Å²) < 4.78 is 16.6. The number of esters is 1. The second-order valence-electron chi connectivity index (χ2n) is 5.13. The molecule has 2 heterocycles. The third kappa shape index (κ3) is 1.89. The minimum atomic E-state index is -0.248. The maximum absolute atomic E-state index is 11.3. The Morgan fingerprint density at radius 1 is 1.17 bits per heavy atom. The van der Waals surface area contributed by atoms with Crippen molar-refractivity contribution in [1.29, 1.82) is 0 Å². The van der Waals surface area contributed by atoms with Gasteiger partial charge in [-0.25, -0.2) is 4.79 Å². The zero-order valence-electron chi connectivity index (χ0n) is 10.4. The van der Waals surface area contributed by atoms with Gasteiger partial charge in [-0.3, -0.25) is 0 Å². The van der Waals surface area contributed by atoms with E-state index in [-0.39, 0.29) is 17.5 Å². The predicted molar refractivity (Wildman–Crippen MR) is 64.5 cm³/mol. The number of rotatable bonds is 2. The third-order valence-corrected chi connectivity index (χ3v) is 4.08. The molecule has 3 aliphatic rings. The molecule has 1 atom stereocenters. The van der Waals surface area contributed by atoms with Gasteiger partial charge in [0.1, 0.15) is 31.3 Å². The van der Waals surface area contributed by atoms with Crippen LogP contribution in [0, 0.1) is 5.41 Å². The lowest BCUT2D eigenvalue weighted by atomic mass is 9.69. The molecule has 0 bridgehead atoms. The predicted octanol–water partition coefficient (Wildman–Crippen LogP) is 2.31. The van der Waals surface area contributed by atoms with Crippen LogP contribution in [0.2, 0.25) is 0 Å². The quantitative estimate of drug-likeness (QED) is 0.705. The Labute approximate surface area is 107 Å². The fraction of sp³-hybridized carbons (Fsp3) is 0.643. The highest BCUT2D eigenvalue weighted by Gasteiger charge is 2.47. The summed E-state index contributed by atoms with van der Waals surface area (Å²) >= 11 is 0. The first-order chi connectivity index (χ1) is 8.81. The van der Waals surface area contributed by atoms with Crippen LogP contribution in [0.1, 0.15) is 32.1 Å². The Hall–Kier alpha value is -1.45.